The lowest BCUT2D eigenvalue weighted by Gasteiger charge is -2.02. The van der Waals surface area contributed by atoms with Gasteiger partial charge in [0.05, 0.1) is 17.6 Å². The summed E-state index contributed by atoms with van der Waals surface area (Å²) in [6.07, 6.45) is 4.86. The van der Waals surface area contributed by atoms with Crippen LogP contribution in [0.3, 0.4) is 0 Å². The van der Waals surface area contributed by atoms with Crippen molar-refractivity contribution in [1.29, 1.82) is 0 Å². The summed E-state index contributed by atoms with van der Waals surface area (Å²) in [6.45, 7) is 0. The summed E-state index contributed by atoms with van der Waals surface area (Å²) >= 11 is 1.73. The van der Waals surface area contributed by atoms with Gasteiger partial charge >= 0.3 is 0 Å². The molecule has 6 aromatic rings. The van der Waals surface area contributed by atoms with E-state index < -0.39 is 0 Å². The molecule has 0 aliphatic carbocycles. The normalized spacial score (nSPS) is 11.5. The minimum Gasteiger partial charge on any atom is -0.506 e. The molecular formula is C23H15N5OS. The molecule has 5 aromatic heterocycles. The lowest BCUT2D eigenvalue weighted by atomic mass is 10.1. The number of nitrogens with one attached hydrogen (secondary N) is 2. The van der Waals surface area contributed by atoms with E-state index in [1.54, 1.807) is 29.8 Å². The predicted octanol–water partition coefficient (Wildman–Crippen LogP) is 5.60. The predicted molar refractivity (Wildman–Crippen MR) is 119 cm³/mol. The van der Waals surface area contributed by atoms with Crippen molar-refractivity contribution in [3.05, 3.63) is 72.5 Å². The average Bonchev–Trinajstić information content (AvgIpc) is 3.51. The van der Waals surface area contributed by atoms with Crippen LogP contribution in [-0.2, 0) is 0 Å². The Bertz CT molecular complexity index is 1510. The molecular weight excluding hydrogens is 394 g/mol. The van der Waals surface area contributed by atoms with Crippen LogP contribution < -0.4 is 0 Å². The second kappa shape index (κ2) is 6.53. The van der Waals surface area contributed by atoms with Crippen LogP contribution in [0.15, 0.2) is 72.5 Å². The van der Waals surface area contributed by atoms with E-state index in [0.717, 1.165) is 33.4 Å². The van der Waals surface area contributed by atoms with Crippen LogP contribution in [0.5, 0.6) is 5.75 Å². The maximum Gasteiger partial charge on any atom is 0.181 e. The molecule has 0 unspecified atom stereocenters. The second-order valence-electron chi connectivity index (χ2n) is 7.05. The number of aromatic nitrogens is 5. The zero-order valence-electron chi connectivity index (χ0n) is 15.6. The van der Waals surface area contributed by atoms with Gasteiger partial charge in [0.15, 0.2) is 5.65 Å². The number of fused-ring (bicyclic) bond motifs is 2. The summed E-state index contributed by atoms with van der Waals surface area (Å²) in [5, 5.41) is 21.4. The quantitative estimate of drug-likeness (QED) is 0.355. The molecule has 0 spiro atoms. The van der Waals surface area contributed by atoms with Crippen molar-refractivity contribution in [3.63, 3.8) is 0 Å². The molecule has 6 nitrogen and oxygen atoms in total. The molecule has 30 heavy (non-hydrogen) atoms. The summed E-state index contributed by atoms with van der Waals surface area (Å²) in [4.78, 5) is 13.3. The third kappa shape index (κ3) is 2.67. The number of hydrogen-bond acceptors (Lipinski definition) is 5. The molecule has 0 radical (unpaired) electrons. The van der Waals surface area contributed by atoms with Crippen molar-refractivity contribution in [2.75, 3.05) is 0 Å². The Morgan fingerprint density at radius 3 is 2.70 bits per heavy atom. The lowest BCUT2D eigenvalue weighted by Crippen LogP contribution is -1.84. The molecule has 7 heteroatoms. The van der Waals surface area contributed by atoms with Gasteiger partial charge in [-0.25, -0.2) is 4.98 Å². The maximum absolute atomic E-state index is 9.76. The van der Waals surface area contributed by atoms with E-state index in [4.69, 9.17) is 0 Å². The molecule has 1 aromatic carbocycles. The van der Waals surface area contributed by atoms with Crippen molar-refractivity contribution in [3.8, 4) is 38.7 Å². The second-order valence-corrected chi connectivity index (χ2v) is 8.00. The largest absolute Gasteiger partial charge is 0.506 e. The van der Waals surface area contributed by atoms with Crippen LogP contribution in [0.25, 0.3) is 54.9 Å². The molecule has 0 bridgehead atoms. The number of hydrogen-bond donors (Lipinski definition) is 3. The molecule has 0 fully saturated rings. The topological polar surface area (TPSA) is 90.5 Å². The van der Waals surface area contributed by atoms with Crippen molar-refractivity contribution in [2.45, 2.75) is 0 Å². The highest BCUT2D eigenvalue weighted by atomic mass is 32.1. The first-order valence-corrected chi connectivity index (χ1v) is 10.3. The number of aromatic amines is 2. The molecule has 0 atom stereocenters. The lowest BCUT2D eigenvalue weighted by molar-refractivity contribution is 0.473. The van der Waals surface area contributed by atoms with Gasteiger partial charge in [0.25, 0.3) is 0 Å². The zero-order chi connectivity index (χ0) is 20.1. The van der Waals surface area contributed by atoms with Gasteiger partial charge in [0.2, 0.25) is 0 Å². The summed E-state index contributed by atoms with van der Waals surface area (Å²) in [5.41, 5.74) is 6.40. The Morgan fingerprint density at radius 2 is 1.83 bits per heavy atom. The van der Waals surface area contributed by atoms with E-state index in [0.29, 0.717) is 5.65 Å². The standard InChI is InChI=1S/C23H15N5OS/c29-15-7-13(10-24-12-15)14-8-18-22(27-28-23(18)25-11-14)20-9-17-16(21-5-2-6-30-21)3-1-4-19(17)26-20/h1-12,26,29H,(H,25,27,28). The van der Waals surface area contributed by atoms with Crippen LogP contribution in [-0.4, -0.2) is 30.3 Å². The van der Waals surface area contributed by atoms with Crippen LogP contribution in [0, 0.1) is 0 Å². The summed E-state index contributed by atoms with van der Waals surface area (Å²) in [7, 11) is 0. The van der Waals surface area contributed by atoms with Gasteiger partial charge in [0, 0.05) is 50.3 Å². The first kappa shape index (κ1) is 16.9. The van der Waals surface area contributed by atoms with Gasteiger partial charge in [0.1, 0.15) is 5.75 Å². The number of benzene rings is 1. The fraction of sp³-hybridized carbons (Fsp3) is 0. The highest BCUT2D eigenvalue weighted by Gasteiger charge is 2.15. The van der Waals surface area contributed by atoms with E-state index in [1.807, 2.05) is 6.07 Å². The monoisotopic (exact) mass is 409 g/mol. The van der Waals surface area contributed by atoms with Crippen LogP contribution >= 0.6 is 11.3 Å². The summed E-state index contributed by atoms with van der Waals surface area (Å²) in [6, 6.07) is 16.3. The number of thiophene rings is 1. The zero-order valence-corrected chi connectivity index (χ0v) is 16.4. The van der Waals surface area contributed by atoms with E-state index >= 15 is 0 Å². The van der Waals surface area contributed by atoms with E-state index in [1.165, 1.54) is 22.0 Å². The fourth-order valence-corrected chi connectivity index (χ4v) is 4.55. The van der Waals surface area contributed by atoms with Gasteiger partial charge in [-0.15, -0.1) is 11.3 Å². The van der Waals surface area contributed by atoms with Gasteiger partial charge in [-0.3, -0.25) is 10.1 Å². The molecule has 3 N–H and O–H groups in total. The Balaban J connectivity index is 1.52. The summed E-state index contributed by atoms with van der Waals surface area (Å²) in [5.74, 6) is 0.122. The Labute approximate surface area is 174 Å². The highest BCUT2D eigenvalue weighted by Crippen LogP contribution is 2.36. The van der Waals surface area contributed by atoms with Crippen molar-refractivity contribution in [1.82, 2.24) is 25.1 Å². The number of pyridine rings is 2. The van der Waals surface area contributed by atoms with Gasteiger partial charge in [-0.05, 0) is 35.7 Å². The molecule has 0 saturated heterocycles. The molecule has 0 aliphatic rings. The number of rotatable bonds is 3. The minimum atomic E-state index is 0.122. The van der Waals surface area contributed by atoms with E-state index in [9.17, 15) is 5.11 Å². The highest BCUT2D eigenvalue weighted by molar-refractivity contribution is 7.13. The van der Waals surface area contributed by atoms with Crippen molar-refractivity contribution >= 4 is 33.3 Å². The van der Waals surface area contributed by atoms with E-state index in [2.05, 4.69) is 66.9 Å². The Kier molecular flexibility index (Phi) is 3.69. The number of nitrogens with zero attached hydrogens (tertiary/aromatic N) is 3. The smallest absolute Gasteiger partial charge is 0.181 e. The Hall–Kier alpha value is -3.97. The van der Waals surface area contributed by atoms with Crippen LogP contribution in [0.4, 0.5) is 0 Å². The molecule has 0 amide bonds. The molecule has 6 rings (SSSR count). The van der Waals surface area contributed by atoms with Crippen molar-refractivity contribution < 1.29 is 5.11 Å². The first-order valence-electron chi connectivity index (χ1n) is 9.41. The van der Waals surface area contributed by atoms with Gasteiger partial charge in [-0.2, -0.15) is 5.10 Å². The third-order valence-corrected chi connectivity index (χ3v) is 6.09. The molecule has 144 valence electrons. The molecule has 0 saturated carbocycles. The average molecular weight is 409 g/mol. The van der Waals surface area contributed by atoms with Crippen molar-refractivity contribution in [2.24, 2.45) is 0 Å². The van der Waals surface area contributed by atoms with Crippen LogP contribution in [0.1, 0.15) is 0 Å². The molecule has 5 heterocycles. The SMILES string of the molecule is Oc1cncc(-c2cnc3n[nH]c(-c4cc5c(-c6cccs6)cccc5[nH]4)c3c2)c1. The third-order valence-electron chi connectivity index (χ3n) is 5.19. The fourth-order valence-electron chi connectivity index (χ4n) is 3.79. The minimum absolute atomic E-state index is 0.122. The van der Waals surface area contributed by atoms with Gasteiger partial charge in [-0.1, -0.05) is 18.2 Å². The maximum atomic E-state index is 9.76. The first-order chi connectivity index (χ1) is 14.8. The number of aromatic hydroxyl groups is 1. The van der Waals surface area contributed by atoms with Gasteiger partial charge < -0.3 is 10.1 Å². The van der Waals surface area contributed by atoms with E-state index in [-0.39, 0.29) is 5.75 Å². The molecule has 0 aliphatic heterocycles. The van der Waals surface area contributed by atoms with Crippen LogP contribution in [0.2, 0.25) is 0 Å². The number of H-pyrrole nitrogens is 2. The summed E-state index contributed by atoms with van der Waals surface area (Å²) < 4.78 is 0. The Morgan fingerprint density at radius 1 is 0.900 bits per heavy atom.